The van der Waals surface area contributed by atoms with Gasteiger partial charge in [0, 0.05) is 19.6 Å². The summed E-state index contributed by atoms with van der Waals surface area (Å²) in [6, 6.07) is 9.88. The molecule has 25 heavy (non-hydrogen) atoms. The summed E-state index contributed by atoms with van der Waals surface area (Å²) in [5.41, 5.74) is 1.24. The van der Waals surface area contributed by atoms with Crippen LogP contribution in [0.4, 0.5) is 11.8 Å². The molecule has 0 bridgehead atoms. The van der Waals surface area contributed by atoms with Crippen LogP contribution in [0.15, 0.2) is 30.3 Å². The molecule has 1 aliphatic heterocycles. The number of nitrogens with one attached hydrogen (secondary N) is 1. The molecule has 1 aliphatic rings. The van der Waals surface area contributed by atoms with Crippen molar-refractivity contribution in [3.8, 4) is 0 Å². The van der Waals surface area contributed by atoms with Crippen molar-refractivity contribution in [3.63, 3.8) is 0 Å². The van der Waals surface area contributed by atoms with Crippen LogP contribution >= 0.6 is 11.6 Å². The molecule has 132 valence electrons. The molecule has 1 aromatic carbocycles. The van der Waals surface area contributed by atoms with Gasteiger partial charge in [-0.2, -0.15) is 9.97 Å². The van der Waals surface area contributed by atoms with Crippen LogP contribution in [0, 0.1) is 0 Å². The Labute approximate surface area is 152 Å². The van der Waals surface area contributed by atoms with Crippen molar-refractivity contribution < 1.29 is 9.53 Å². The van der Waals surface area contributed by atoms with Gasteiger partial charge >= 0.3 is 5.97 Å². The second kappa shape index (κ2) is 8.16. The minimum Gasteiger partial charge on any atom is -0.465 e. The number of carbonyl (C=O) groups is 1. The van der Waals surface area contributed by atoms with Crippen molar-refractivity contribution in [2.45, 2.75) is 25.8 Å². The maximum Gasteiger partial charge on any atom is 0.344 e. The minimum absolute atomic E-state index is 0.109. The number of hydrogen-bond donors (Lipinski definition) is 1. The van der Waals surface area contributed by atoms with Crippen molar-refractivity contribution in [3.05, 3.63) is 46.6 Å². The fourth-order valence-corrected chi connectivity index (χ4v) is 3.09. The lowest BCUT2D eigenvalue weighted by Crippen LogP contribution is -2.31. The molecule has 1 N–H and O–H groups in total. The van der Waals surface area contributed by atoms with E-state index in [0.29, 0.717) is 18.3 Å². The highest BCUT2D eigenvalue weighted by atomic mass is 35.5. The summed E-state index contributed by atoms with van der Waals surface area (Å²) in [5, 5.41) is 3.31. The molecule has 0 spiro atoms. The molecule has 1 aromatic heterocycles. The van der Waals surface area contributed by atoms with Crippen molar-refractivity contribution in [2.24, 2.45) is 0 Å². The molecular weight excluding hydrogens is 340 g/mol. The predicted octanol–water partition coefficient (Wildman–Crippen LogP) is 3.52. The van der Waals surface area contributed by atoms with Crippen molar-refractivity contribution in [1.29, 1.82) is 0 Å². The molecule has 0 unspecified atom stereocenters. The van der Waals surface area contributed by atoms with Gasteiger partial charge in [0.1, 0.15) is 11.4 Å². The monoisotopic (exact) mass is 360 g/mol. The maximum atomic E-state index is 12.1. The maximum absolute atomic E-state index is 12.1. The van der Waals surface area contributed by atoms with E-state index in [1.54, 1.807) is 0 Å². The molecule has 0 radical (unpaired) electrons. The van der Waals surface area contributed by atoms with E-state index in [4.69, 9.17) is 16.3 Å². The zero-order valence-corrected chi connectivity index (χ0v) is 14.9. The number of nitrogens with zero attached hydrogens (tertiary/aromatic N) is 3. The number of piperidine rings is 1. The van der Waals surface area contributed by atoms with E-state index in [-0.39, 0.29) is 10.7 Å². The van der Waals surface area contributed by atoms with E-state index in [0.717, 1.165) is 31.5 Å². The number of methoxy groups -OCH3 is 1. The Morgan fingerprint density at radius 2 is 1.92 bits per heavy atom. The second-order valence-electron chi connectivity index (χ2n) is 5.92. The fourth-order valence-electron chi connectivity index (χ4n) is 2.85. The highest BCUT2D eigenvalue weighted by molar-refractivity contribution is 6.33. The smallest absolute Gasteiger partial charge is 0.344 e. The Morgan fingerprint density at radius 1 is 1.20 bits per heavy atom. The van der Waals surface area contributed by atoms with Gasteiger partial charge in [0.25, 0.3) is 0 Å². The van der Waals surface area contributed by atoms with Crippen molar-refractivity contribution in [1.82, 2.24) is 9.97 Å². The topological polar surface area (TPSA) is 67.3 Å². The van der Waals surface area contributed by atoms with Crippen LogP contribution in [0.25, 0.3) is 0 Å². The summed E-state index contributed by atoms with van der Waals surface area (Å²) in [6.45, 7) is 2.32. The molecule has 1 fully saturated rings. The number of halogens is 1. The molecule has 0 saturated carbocycles. The number of ether oxygens (including phenoxy) is 1. The van der Waals surface area contributed by atoms with Crippen LogP contribution in [0.1, 0.15) is 35.2 Å². The molecule has 7 heteroatoms. The van der Waals surface area contributed by atoms with Gasteiger partial charge in [0.2, 0.25) is 5.95 Å². The highest BCUT2D eigenvalue weighted by Gasteiger charge is 2.23. The largest absolute Gasteiger partial charge is 0.465 e. The quantitative estimate of drug-likeness (QED) is 0.650. The number of rotatable bonds is 5. The zero-order chi connectivity index (χ0) is 17.6. The van der Waals surface area contributed by atoms with E-state index in [2.05, 4.69) is 20.2 Å². The zero-order valence-electron chi connectivity index (χ0n) is 14.2. The van der Waals surface area contributed by atoms with E-state index >= 15 is 0 Å². The summed E-state index contributed by atoms with van der Waals surface area (Å²) >= 11 is 6.29. The summed E-state index contributed by atoms with van der Waals surface area (Å²) in [4.78, 5) is 23.1. The summed E-state index contributed by atoms with van der Waals surface area (Å²) in [6.07, 6.45) is 3.42. The summed E-state index contributed by atoms with van der Waals surface area (Å²) < 4.78 is 4.84. The third kappa shape index (κ3) is 4.20. The molecule has 6 nitrogen and oxygen atoms in total. The van der Waals surface area contributed by atoms with Crippen LogP contribution in [0.5, 0.6) is 0 Å². The van der Waals surface area contributed by atoms with Crippen LogP contribution in [-0.4, -0.2) is 36.1 Å². The molecule has 2 aromatic rings. The van der Waals surface area contributed by atoms with E-state index in [1.807, 2.05) is 30.3 Å². The molecular formula is C18H21ClN4O2. The van der Waals surface area contributed by atoms with Crippen molar-refractivity contribution in [2.75, 3.05) is 30.4 Å². The van der Waals surface area contributed by atoms with Crippen molar-refractivity contribution >= 4 is 29.3 Å². The van der Waals surface area contributed by atoms with Gasteiger partial charge in [0.15, 0.2) is 5.15 Å². The van der Waals surface area contributed by atoms with Gasteiger partial charge in [-0.05, 0) is 24.8 Å². The first-order valence-corrected chi connectivity index (χ1v) is 8.75. The van der Waals surface area contributed by atoms with E-state index < -0.39 is 5.97 Å². The average molecular weight is 361 g/mol. The van der Waals surface area contributed by atoms with Crippen LogP contribution in [0.3, 0.4) is 0 Å². The summed E-state index contributed by atoms with van der Waals surface area (Å²) in [7, 11) is 1.32. The standard InChI is InChI=1S/C18H21ClN4O2/c1-25-17(24)14-15(19)21-18(23-10-6-3-7-11-23)22-16(14)20-12-13-8-4-2-5-9-13/h2,4-5,8-9H,3,6-7,10-12H2,1H3,(H,20,21,22). The normalized spacial score (nSPS) is 14.2. The first-order chi connectivity index (χ1) is 12.2. The third-order valence-corrected chi connectivity index (χ3v) is 4.46. The van der Waals surface area contributed by atoms with Gasteiger partial charge in [-0.25, -0.2) is 4.79 Å². The number of aromatic nitrogens is 2. The van der Waals surface area contributed by atoms with Crippen LogP contribution < -0.4 is 10.2 Å². The van der Waals surface area contributed by atoms with Gasteiger partial charge in [0.05, 0.1) is 7.11 Å². The Kier molecular flexibility index (Phi) is 5.71. The van der Waals surface area contributed by atoms with Crippen LogP contribution in [-0.2, 0) is 11.3 Å². The predicted molar refractivity (Wildman–Crippen MR) is 98.2 cm³/mol. The first-order valence-electron chi connectivity index (χ1n) is 8.37. The molecule has 0 amide bonds. The lowest BCUT2D eigenvalue weighted by atomic mass is 10.1. The molecule has 0 aliphatic carbocycles. The third-order valence-electron chi connectivity index (χ3n) is 4.18. The fraction of sp³-hybridized carbons (Fsp3) is 0.389. The van der Waals surface area contributed by atoms with Gasteiger partial charge in [-0.15, -0.1) is 0 Å². The van der Waals surface area contributed by atoms with Gasteiger partial charge in [-0.3, -0.25) is 0 Å². The Bertz CT molecular complexity index is 733. The number of carbonyl (C=O) groups excluding carboxylic acids is 1. The van der Waals surface area contributed by atoms with E-state index in [9.17, 15) is 4.79 Å². The minimum atomic E-state index is -0.550. The average Bonchev–Trinajstić information content (AvgIpc) is 2.67. The Hall–Kier alpha value is -2.34. The number of hydrogen-bond acceptors (Lipinski definition) is 6. The molecule has 3 rings (SSSR count). The van der Waals surface area contributed by atoms with E-state index in [1.165, 1.54) is 13.5 Å². The summed E-state index contributed by atoms with van der Waals surface area (Å²) in [5.74, 6) is 0.398. The molecule has 2 heterocycles. The first kappa shape index (κ1) is 17.5. The van der Waals surface area contributed by atoms with Gasteiger partial charge in [-0.1, -0.05) is 41.9 Å². The number of benzene rings is 1. The Balaban J connectivity index is 1.90. The van der Waals surface area contributed by atoms with Gasteiger partial charge < -0.3 is 15.0 Å². The molecule has 1 saturated heterocycles. The SMILES string of the molecule is COC(=O)c1c(Cl)nc(N2CCCCC2)nc1NCc1ccccc1. The number of anilines is 2. The van der Waals surface area contributed by atoms with Crippen LogP contribution in [0.2, 0.25) is 5.15 Å². The Morgan fingerprint density at radius 3 is 2.60 bits per heavy atom. The lowest BCUT2D eigenvalue weighted by Gasteiger charge is -2.27. The molecule has 0 atom stereocenters. The highest BCUT2D eigenvalue weighted by Crippen LogP contribution is 2.27. The second-order valence-corrected chi connectivity index (χ2v) is 6.27. The number of esters is 1. The lowest BCUT2D eigenvalue weighted by molar-refractivity contribution is 0.0601.